The van der Waals surface area contributed by atoms with Crippen LogP contribution < -0.4 is 14.8 Å². The van der Waals surface area contributed by atoms with Crippen molar-refractivity contribution < 1.29 is 32.2 Å². The second-order valence-electron chi connectivity index (χ2n) is 7.09. The first kappa shape index (κ1) is 25.3. The van der Waals surface area contributed by atoms with Crippen molar-refractivity contribution in [1.82, 2.24) is 4.98 Å². The molecule has 0 saturated heterocycles. The molecule has 0 aliphatic heterocycles. The van der Waals surface area contributed by atoms with E-state index in [4.69, 9.17) is 14.2 Å². The number of benzene rings is 2. The Hall–Kier alpha value is -3.37. The lowest BCUT2D eigenvalue weighted by Crippen LogP contribution is -2.13. The number of ether oxygens (including phenoxy) is 3. The second kappa shape index (κ2) is 11.7. The van der Waals surface area contributed by atoms with Gasteiger partial charge < -0.3 is 19.5 Å². The SMILES string of the molecule is COCCOc1ccc(C(F)(F)F)cc1NC(=O)/C=C/c1ccc(OCc2csc(C)n2)cc1. The molecule has 10 heteroatoms. The van der Waals surface area contributed by atoms with Crippen LogP contribution in [0, 0.1) is 6.92 Å². The van der Waals surface area contributed by atoms with Crippen LogP contribution in [0.3, 0.4) is 0 Å². The number of aromatic nitrogens is 1. The zero-order valence-electron chi connectivity index (χ0n) is 18.5. The lowest BCUT2D eigenvalue weighted by molar-refractivity contribution is -0.137. The molecule has 3 rings (SSSR count). The maximum atomic E-state index is 13.1. The summed E-state index contributed by atoms with van der Waals surface area (Å²) in [4.78, 5) is 16.7. The number of rotatable bonds is 10. The van der Waals surface area contributed by atoms with E-state index in [0.29, 0.717) is 17.9 Å². The normalized spacial score (nSPS) is 11.6. The van der Waals surface area contributed by atoms with E-state index in [1.165, 1.54) is 19.3 Å². The van der Waals surface area contributed by atoms with E-state index in [2.05, 4.69) is 10.3 Å². The minimum atomic E-state index is -4.55. The molecular weight excluding hydrogens is 469 g/mol. The summed E-state index contributed by atoms with van der Waals surface area (Å²) in [5.41, 5.74) is 0.590. The van der Waals surface area contributed by atoms with Gasteiger partial charge in [0.2, 0.25) is 5.91 Å². The fourth-order valence-corrected chi connectivity index (χ4v) is 3.42. The first-order chi connectivity index (χ1) is 16.2. The van der Waals surface area contributed by atoms with Crippen LogP contribution in [-0.2, 0) is 22.3 Å². The number of nitrogens with one attached hydrogen (secondary N) is 1. The first-order valence-corrected chi connectivity index (χ1v) is 11.1. The van der Waals surface area contributed by atoms with Crippen molar-refractivity contribution in [3.05, 3.63) is 75.7 Å². The van der Waals surface area contributed by atoms with Crippen molar-refractivity contribution in [2.24, 2.45) is 0 Å². The molecule has 0 radical (unpaired) electrons. The number of hydrogen-bond acceptors (Lipinski definition) is 6. The number of carbonyl (C=O) groups is 1. The van der Waals surface area contributed by atoms with E-state index in [9.17, 15) is 18.0 Å². The molecule has 0 bridgehead atoms. The molecule has 0 fully saturated rings. The van der Waals surface area contributed by atoms with Crippen molar-refractivity contribution in [3.8, 4) is 11.5 Å². The van der Waals surface area contributed by atoms with Crippen molar-refractivity contribution in [2.45, 2.75) is 19.7 Å². The zero-order chi connectivity index (χ0) is 24.6. The molecule has 0 unspecified atom stereocenters. The monoisotopic (exact) mass is 492 g/mol. The standard InChI is InChI=1S/C24H23F3N2O4S/c1-16-28-19(15-34-16)14-33-20-7-3-17(4-8-20)5-10-23(30)29-21-13-18(24(25,26)27)6-9-22(21)32-12-11-31-2/h3-10,13,15H,11-12,14H2,1-2H3,(H,29,30)/b10-5+. The number of halogens is 3. The maximum absolute atomic E-state index is 13.1. The summed E-state index contributed by atoms with van der Waals surface area (Å²) in [6.45, 7) is 2.65. The molecule has 34 heavy (non-hydrogen) atoms. The molecule has 0 atom stereocenters. The number of amides is 1. The van der Waals surface area contributed by atoms with Crippen LogP contribution in [0.5, 0.6) is 11.5 Å². The van der Waals surface area contributed by atoms with E-state index in [-0.39, 0.29) is 24.7 Å². The van der Waals surface area contributed by atoms with E-state index in [0.717, 1.165) is 22.8 Å². The van der Waals surface area contributed by atoms with E-state index in [1.54, 1.807) is 41.7 Å². The summed E-state index contributed by atoms with van der Waals surface area (Å²) >= 11 is 1.55. The molecule has 3 aromatic rings. The van der Waals surface area contributed by atoms with Gasteiger partial charge in [-0.15, -0.1) is 11.3 Å². The Bertz CT molecular complexity index is 1130. The van der Waals surface area contributed by atoms with Crippen LogP contribution >= 0.6 is 11.3 Å². The Balaban J connectivity index is 1.62. The van der Waals surface area contributed by atoms with E-state index >= 15 is 0 Å². The fraction of sp³-hybridized carbons (Fsp3) is 0.250. The summed E-state index contributed by atoms with van der Waals surface area (Å²) in [6.07, 6.45) is -1.78. The van der Waals surface area contributed by atoms with Crippen LogP contribution in [0.2, 0.25) is 0 Å². The molecular formula is C24H23F3N2O4S. The Kier molecular flexibility index (Phi) is 8.67. The molecule has 0 saturated carbocycles. The van der Waals surface area contributed by atoms with E-state index in [1.807, 2.05) is 12.3 Å². The molecule has 2 aromatic carbocycles. The third kappa shape index (κ3) is 7.60. The molecule has 180 valence electrons. The highest BCUT2D eigenvalue weighted by Crippen LogP contribution is 2.35. The average molecular weight is 493 g/mol. The highest BCUT2D eigenvalue weighted by atomic mass is 32.1. The minimum absolute atomic E-state index is 0.0818. The average Bonchev–Trinajstić information content (AvgIpc) is 3.22. The molecule has 0 aliphatic rings. The Labute approximate surface area is 199 Å². The molecule has 0 spiro atoms. The third-order valence-corrected chi connectivity index (χ3v) is 5.29. The van der Waals surface area contributed by atoms with Gasteiger partial charge in [0.15, 0.2) is 0 Å². The minimum Gasteiger partial charge on any atom is -0.489 e. The number of hydrogen-bond donors (Lipinski definition) is 1. The highest BCUT2D eigenvalue weighted by Gasteiger charge is 2.31. The lowest BCUT2D eigenvalue weighted by Gasteiger charge is -2.14. The molecule has 1 N–H and O–H groups in total. The maximum Gasteiger partial charge on any atom is 0.416 e. The summed E-state index contributed by atoms with van der Waals surface area (Å²) in [5, 5.41) is 5.35. The Morgan fingerprint density at radius 3 is 2.53 bits per heavy atom. The molecule has 0 aliphatic carbocycles. The van der Waals surface area contributed by atoms with Gasteiger partial charge >= 0.3 is 6.18 Å². The first-order valence-electron chi connectivity index (χ1n) is 10.2. The fourth-order valence-electron chi connectivity index (χ4n) is 2.82. The predicted octanol–water partition coefficient (Wildman–Crippen LogP) is 5.73. The van der Waals surface area contributed by atoms with E-state index < -0.39 is 17.6 Å². The van der Waals surface area contributed by atoms with Gasteiger partial charge in [-0.3, -0.25) is 4.79 Å². The Morgan fingerprint density at radius 2 is 1.88 bits per heavy atom. The molecule has 1 aromatic heterocycles. The van der Waals surface area contributed by atoms with Crippen LogP contribution in [0.25, 0.3) is 6.08 Å². The van der Waals surface area contributed by atoms with Crippen molar-refractivity contribution >= 4 is 29.0 Å². The number of aryl methyl sites for hydroxylation is 1. The van der Waals surface area contributed by atoms with Gasteiger partial charge in [-0.25, -0.2) is 4.98 Å². The van der Waals surface area contributed by atoms with Gasteiger partial charge in [0.25, 0.3) is 0 Å². The third-order valence-electron chi connectivity index (χ3n) is 4.47. The summed E-state index contributed by atoms with van der Waals surface area (Å²) in [6, 6.07) is 9.93. The van der Waals surface area contributed by atoms with Crippen molar-refractivity contribution in [2.75, 3.05) is 25.6 Å². The van der Waals surface area contributed by atoms with Gasteiger partial charge in [0, 0.05) is 18.6 Å². The number of carbonyl (C=O) groups excluding carboxylic acids is 1. The molecule has 1 heterocycles. The van der Waals surface area contributed by atoms with Gasteiger partial charge in [-0.1, -0.05) is 12.1 Å². The summed E-state index contributed by atoms with van der Waals surface area (Å²) in [7, 11) is 1.48. The van der Waals surface area contributed by atoms with Crippen LogP contribution in [0.4, 0.5) is 18.9 Å². The summed E-state index contributed by atoms with van der Waals surface area (Å²) in [5.74, 6) is 0.160. The van der Waals surface area contributed by atoms with Gasteiger partial charge in [0.1, 0.15) is 24.7 Å². The number of thiazole rings is 1. The van der Waals surface area contributed by atoms with Crippen molar-refractivity contribution in [1.29, 1.82) is 0 Å². The van der Waals surface area contributed by atoms with Gasteiger partial charge in [0.05, 0.1) is 28.6 Å². The van der Waals surface area contributed by atoms with Crippen LogP contribution in [-0.4, -0.2) is 31.2 Å². The lowest BCUT2D eigenvalue weighted by atomic mass is 10.1. The van der Waals surface area contributed by atoms with Crippen LogP contribution in [0.15, 0.2) is 53.9 Å². The molecule has 1 amide bonds. The zero-order valence-corrected chi connectivity index (χ0v) is 19.3. The molecule has 6 nitrogen and oxygen atoms in total. The topological polar surface area (TPSA) is 69.7 Å². The Morgan fingerprint density at radius 1 is 1.12 bits per heavy atom. The number of nitrogens with zero attached hydrogens (tertiary/aromatic N) is 1. The number of methoxy groups -OCH3 is 1. The largest absolute Gasteiger partial charge is 0.489 e. The van der Waals surface area contributed by atoms with Gasteiger partial charge in [-0.05, 0) is 48.9 Å². The predicted molar refractivity (Wildman–Crippen MR) is 124 cm³/mol. The number of anilines is 1. The van der Waals surface area contributed by atoms with Gasteiger partial charge in [-0.2, -0.15) is 13.2 Å². The smallest absolute Gasteiger partial charge is 0.416 e. The summed E-state index contributed by atoms with van der Waals surface area (Å²) < 4.78 is 55.3. The second-order valence-corrected chi connectivity index (χ2v) is 8.15. The number of alkyl halides is 3. The highest BCUT2D eigenvalue weighted by molar-refractivity contribution is 7.09. The quantitative estimate of drug-likeness (QED) is 0.289. The van der Waals surface area contributed by atoms with Crippen molar-refractivity contribution in [3.63, 3.8) is 0 Å². The van der Waals surface area contributed by atoms with Crippen LogP contribution in [0.1, 0.15) is 21.8 Å².